The third kappa shape index (κ3) is 6.49. The molecule has 0 aliphatic carbocycles. The largest absolute Gasteiger partial charge is 0.491 e. The van der Waals surface area contributed by atoms with E-state index in [0.29, 0.717) is 26.8 Å². The van der Waals surface area contributed by atoms with Crippen LogP contribution in [0.25, 0.3) is 0 Å². The SMILES string of the molecule is Nc1cc(Br)c(OCCCOCC(F)(F)F)c(Br)c1. The molecule has 0 bridgehead atoms. The van der Waals surface area contributed by atoms with Crippen molar-refractivity contribution in [2.24, 2.45) is 0 Å². The van der Waals surface area contributed by atoms with Gasteiger partial charge >= 0.3 is 6.18 Å². The van der Waals surface area contributed by atoms with Crippen molar-refractivity contribution in [2.45, 2.75) is 12.6 Å². The lowest BCUT2D eigenvalue weighted by Crippen LogP contribution is -2.18. The molecule has 0 saturated heterocycles. The van der Waals surface area contributed by atoms with Gasteiger partial charge in [0.05, 0.1) is 22.2 Å². The first-order chi connectivity index (χ1) is 8.79. The molecule has 108 valence electrons. The molecule has 0 atom stereocenters. The van der Waals surface area contributed by atoms with Crippen LogP contribution in [0.1, 0.15) is 6.42 Å². The molecule has 1 aromatic carbocycles. The molecule has 0 aliphatic rings. The number of anilines is 1. The smallest absolute Gasteiger partial charge is 0.411 e. The van der Waals surface area contributed by atoms with Crippen LogP contribution < -0.4 is 10.5 Å². The van der Waals surface area contributed by atoms with Crippen LogP contribution in [0.3, 0.4) is 0 Å². The van der Waals surface area contributed by atoms with Crippen molar-refractivity contribution in [3.05, 3.63) is 21.1 Å². The molecule has 0 saturated carbocycles. The lowest BCUT2D eigenvalue weighted by molar-refractivity contribution is -0.174. The Labute approximate surface area is 125 Å². The highest BCUT2D eigenvalue weighted by Crippen LogP contribution is 2.35. The summed E-state index contributed by atoms with van der Waals surface area (Å²) in [6.45, 7) is -0.995. The summed E-state index contributed by atoms with van der Waals surface area (Å²) in [4.78, 5) is 0. The Balaban J connectivity index is 2.30. The van der Waals surface area contributed by atoms with E-state index in [-0.39, 0.29) is 13.2 Å². The van der Waals surface area contributed by atoms with Crippen molar-refractivity contribution in [1.29, 1.82) is 0 Å². The number of nitrogen functional groups attached to an aromatic ring is 1. The monoisotopic (exact) mass is 405 g/mol. The molecule has 0 aliphatic heterocycles. The summed E-state index contributed by atoms with van der Waals surface area (Å²) in [5.74, 6) is 0.560. The van der Waals surface area contributed by atoms with Crippen LogP contribution >= 0.6 is 31.9 Å². The van der Waals surface area contributed by atoms with Gasteiger partial charge in [-0.15, -0.1) is 0 Å². The molecule has 8 heteroatoms. The fraction of sp³-hybridized carbons (Fsp3) is 0.455. The zero-order chi connectivity index (χ0) is 14.5. The molecule has 0 unspecified atom stereocenters. The molecular weight excluding hydrogens is 395 g/mol. The summed E-state index contributed by atoms with van der Waals surface area (Å²) in [6, 6.07) is 3.36. The fourth-order valence-electron chi connectivity index (χ4n) is 1.24. The summed E-state index contributed by atoms with van der Waals surface area (Å²) >= 11 is 6.58. The zero-order valence-electron chi connectivity index (χ0n) is 9.77. The van der Waals surface area contributed by atoms with E-state index in [1.165, 1.54) is 0 Å². The predicted octanol–water partition coefficient (Wildman–Crippen LogP) is 4.14. The van der Waals surface area contributed by atoms with E-state index in [9.17, 15) is 13.2 Å². The molecule has 1 aromatic rings. The van der Waals surface area contributed by atoms with Crippen molar-refractivity contribution >= 4 is 37.5 Å². The first-order valence-electron chi connectivity index (χ1n) is 5.31. The average Bonchev–Trinajstić information content (AvgIpc) is 2.24. The van der Waals surface area contributed by atoms with Crippen LogP contribution in [0.4, 0.5) is 18.9 Å². The second-order valence-electron chi connectivity index (χ2n) is 3.68. The lowest BCUT2D eigenvalue weighted by Gasteiger charge is -2.11. The topological polar surface area (TPSA) is 44.5 Å². The molecule has 1 rings (SSSR count). The number of alkyl halides is 3. The second-order valence-corrected chi connectivity index (χ2v) is 5.39. The van der Waals surface area contributed by atoms with E-state index in [4.69, 9.17) is 10.5 Å². The van der Waals surface area contributed by atoms with Gasteiger partial charge in [0.15, 0.2) is 0 Å². The Hall–Kier alpha value is -0.470. The van der Waals surface area contributed by atoms with Crippen LogP contribution in [-0.4, -0.2) is 26.0 Å². The third-order valence-electron chi connectivity index (χ3n) is 1.97. The van der Waals surface area contributed by atoms with Crippen LogP contribution in [0.2, 0.25) is 0 Å². The number of hydrogen-bond acceptors (Lipinski definition) is 3. The Morgan fingerprint density at radius 3 is 2.21 bits per heavy atom. The molecule has 0 aromatic heterocycles. The molecule has 0 fully saturated rings. The summed E-state index contributed by atoms with van der Waals surface area (Å²) in [6.07, 6.45) is -3.93. The number of rotatable bonds is 6. The zero-order valence-corrected chi connectivity index (χ0v) is 12.9. The number of hydrogen-bond donors (Lipinski definition) is 1. The fourth-order valence-corrected chi connectivity index (χ4v) is 2.69. The molecule has 0 heterocycles. The molecule has 3 nitrogen and oxygen atoms in total. The normalized spacial score (nSPS) is 11.6. The predicted molar refractivity (Wildman–Crippen MR) is 73.2 cm³/mol. The minimum absolute atomic E-state index is 0.0102. The van der Waals surface area contributed by atoms with Gasteiger partial charge in [0.1, 0.15) is 12.4 Å². The molecule has 0 amide bonds. The summed E-state index contributed by atoms with van der Waals surface area (Å²) < 4.78 is 46.6. The minimum atomic E-state index is -4.29. The van der Waals surface area contributed by atoms with E-state index in [0.717, 1.165) is 0 Å². The quantitative estimate of drug-likeness (QED) is 0.570. The van der Waals surface area contributed by atoms with Gasteiger partial charge in [-0.25, -0.2) is 0 Å². The van der Waals surface area contributed by atoms with E-state index in [2.05, 4.69) is 36.6 Å². The Morgan fingerprint density at radius 2 is 1.68 bits per heavy atom. The Morgan fingerprint density at radius 1 is 1.11 bits per heavy atom. The van der Waals surface area contributed by atoms with Crippen LogP contribution in [0.5, 0.6) is 5.75 Å². The number of benzene rings is 1. The maximum atomic E-state index is 11.8. The van der Waals surface area contributed by atoms with Crippen LogP contribution in [-0.2, 0) is 4.74 Å². The summed E-state index contributed by atoms with van der Waals surface area (Å²) in [7, 11) is 0. The van der Waals surface area contributed by atoms with Crippen molar-refractivity contribution < 1.29 is 22.6 Å². The first kappa shape index (κ1) is 16.6. The Kier molecular flexibility index (Phi) is 6.41. The highest BCUT2D eigenvalue weighted by molar-refractivity contribution is 9.11. The highest BCUT2D eigenvalue weighted by atomic mass is 79.9. The third-order valence-corrected chi connectivity index (χ3v) is 3.14. The van der Waals surface area contributed by atoms with Gasteiger partial charge in [-0.3, -0.25) is 0 Å². The van der Waals surface area contributed by atoms with Crippen molar-refractivity contribution in [2.75, 3.05) is 25.6 Å². The highest BCUT2D eigenvalue weighted by Gasteiger charge is 2.27. The standard InChI is InChI=1S/C11H12Br2F3NO2/c12-8-4-7(17)5-9(13)10(8)19-3-1-2-18-6-11(14,15)16/h4-5H,1-3,6,17H2. The van der Waals surface area contributed by atoms with Gasteiger partial charge in [0.25, 0.3) is 0 Å². The van der Waals surface area contributed by atoms with E-state index >= 15 is 0 Å². The van der Waals surface area contributed by atoms with Gasteiger partial charge in [-0.2, -0.15) is 13.2 Å². The lowest BCUT2D eigenvalue weighted by atomic mass is 10.3. The second kappa shape index (κ2) is 7.35. The van der Waals surface area contributed by atoms with Crippen molar-refractivity contribution in [3.63, 3.8) is 0 Å². The summed E-state index contributed by atoms with van der Waals surface area (Å²) in [5, 5.41) is 0. The Bertz CT molecular complexity index is 404. The van der Waals surface area contributed by atoms with Crippen molar-refractivity contribution in [1.82, 2.24) is 0 Å². The van der Waals surface area contributed by atoms with Gasteiger partial charge in [0.2, 0.25) is 0 Å². The van der Waals surface area contributed by atoms with E-state index in [1.807, 2.05) is 0 Å². The number of nitrogens with two attached hydrogens (primary N) is 1. The molecule has 2 N–H and O–H groups in total. The molecule has 19 heavy (non-hydrogen) atoms. The maximum Gasteiger partial charge on any atom is 0.411 e. The first-order valence-corrected chi connectivity index (χ1v) is 6.90. The van der Waals surface area contributed by atoms with E-state index in [1.54, 1.807) is 12.1 Å². The molecule has 0 radical (unpaired) electrons. The van der Waals surface area contributed by atoms with Crippen LogP contribution in [0, 0.1) is 0 Å². The van der Waals surface area contributed by atoms with Gasteiger partial charge < -0.3 is 15.2 Å². The minimum Gasteiger partial charge on any atom is -0.491 e. The molecular formula is C11H12Br2F3NO2. The van der Waals surface area contributed by atoms with Gasteiger partial charge in [-0.1, -0.05) is 0 Å². The molecule has 0 spiro atoms. The number of halogens is 5. The van der Waals surface area contributed by atoms with Crippen LogP contribution in [0.15, 0.2) is 21.1 Å². The van der Waals surface area contributed by atoms with Gasteiger partial charge in [0, 0.05) is 12.1 Å². The maximum absolute atomic E-state index is 11.8. The average molecular weight is 407 g/mol. The van der Waals surface area contributed by atoms with Crippen molar-refractivity contribution in [3.8, 4) is 5.75 Å². The summed E-state index contributed by atoms with van der Waals surface area (Å²) in [5.41, 5.74) is 6.19. The van der Waals surface area contributed by atoms with Gasteiger partial charge in [-0.05, 0) is 44.0 Å². The van der Waals surface area contributed by atoms with E-state index < -0.39 is 12.8 Å². The number of ether oxygens (including phenoxy) is 2.